The third-order valence-electron chi connectivity index (χ3n) is 3.89. The first-order chi connectivity index (χ1) is 6.95. The predicted molar refractivity (Wildman–Crippen MR) is 68.0 cm³/mol. The van der Waals surface area contributed by atoms with Crippen molar-refractivity contribution < 1.29 is 0 Å². The van der Waals surface area contributed by atoms with Gasteiger partial charge in [-0.15, -0.1) is 0 Å². The molecule has 0 radical (unpaired) electrons. The SMILES string of the molecule is CCNC(C1CCC(C)CC1)C(C)(C)C. The van der Waals surface area contributed by atoms with Gasteiger partial charge < -0.3 is 5.32 Å². The lowest BCUT2D eigenvalue weighted by Gasteiger charge is -2.40. The first-order valence-corrected chi connectivity index (χ1v) is 6.68. The standard InChI is InChI=1S/C14H29N/c1-6-15-13(14(3,4)5)12-9-7-11(2)8-10-12/h11-13,15H,6-10H2,1-5H3. The molecule has 0 amide bonds. The Morgan fingerprint density at radius 1 is 1.13 bits per heavy atom. The molecule has 1 saturated carbocycles. The lowest BCUT2D eigenvalue weighted by atomic mass is 9.71. The Morgan fingerprint density at radius 2 is 1.67 bits per heavy atom. The second kappa shape index (κ2) is 5.34. The van der Waals surface area contributed by atoms with E-state index in [-0.39, 0.29) is 0 Å². The summed E-state index contributed by atoms with van der Waals surface area (Å²) in [7, 11) is 0. The maximum Gasteiger partial charge on any atom is 0.0144 e. The van der Waals surface area contributed by atoms with Crippen LogP contribution < -0.4 is 5.32 Å². The highest BCUT2D eigenvalue weighted by molar-refractivity contribution is 4.88. The normalized spacial score (nSPS) is 30.2. The minimum atomic E-state index is 0.404. The van der Waals surface area contributed by atoms with E-state index >= 15 is 0 Å². The molecule has 1 aliphatic rings. The number of rotatable bonds is 3. The van der Waals surface area contributed by atoms with Crippen molar-refractivity contribution in [2.45, 2.75) is 66.3 Å². The van der Waals surface area contributed by atoms with Crippen molar-refractivity contribution in [3.05, 3.63) is 0 Å². The molecule has 1 heteroatoms. The molecule has 0 aromatic rings. The van der Waals surface area contributed by atoms with E-state index in [1.54, 1.807) is 0 Å². The molecule has 1 aliphatic carbocycles. The fourth-order valence-corrected chi connectivity index (χ4v) is 3.02. The molecule has 0 saturated heterocycles. The molecule has 1 nitrogen and oxygen atoms in total. The number of hydrogen-bond donors (Lipinski definition) is 1. The Labute approximate surface area is 96.0 Å². The average Bonchev–Trinajstić information content (AvgIpc) is 2.14. The average molecular weight is 211 g/mol. The van der Waals surface area contributed by atoms with E-state index in [1.807, 2.05) is 0 Å². The van der Waals surface area contributed by atoms with E-state index in [1.165, 1.54) is 25.7 Å². The first-order valence-electron chi connectivity index (χ1n) is 6.68. The minimum absolute atomic E-state index is 0.404. The third kappa shape index (κ3) is 3.79. The van der Waals surface area contributed by atoms with Crippen LogP contribution in [-0.2, 0) is 0 Å². The van der Waals surface area contributed by atoms with Crippen molar-refractivity contribution in [1.82, 2.24) is 5.32 Å². The van der Waals surface area contributed by atoms with E-state index in [0.29, 0.717) is 11.5 Å². The maximum atomic E-state index is 3.71. The largest absolute Gasteiger partial charge is 0.313 e. The summed E-state index contributed by atoms with van der Waals surface area (Å²) in [4.78, 5) is 0. The van der Waals surface area contributed by atoms with Crippen molar-refractivity contribution in [3.8, 4) is 0 Å². The Bertz CT molecular complexity index is 172. The zero-order valence-electron chi connectivity index (χ0n) is 11.3. The summed E-state index contributed by atoms with van der Waals surface area (Å²) in [6.45, 7) is 12.9. The molecule has 1 fully saturated rings. The Morgan fingerprint density at radius 3 is 2.07 bits per heavy atom. The van der Waals surface area contributed by atoms with Gasteiger partial charge in [0.25, 0.3) is 0 Å². The van der Waals surface area contributed by atoms with Crippen LogP contribution in [0.15, 0.2) is 0 Å². The van der Waals surface area contributed by atoms with E-state index in [9.17, 15) is 0 Å². The van der Waals surface area contributed by atoms with Gasteiger partial charge in [0, 0.05) is 6.04 Å². The van der Waals surface area contributed by atoms with Gasteiger partial charge in [-0.25, -0.2) is 0 Å². The summed E-state index contributed by atoms with van der Waals surface area (Å²) in [5, 5.41) is 3.71. The molecule has 1 N–H and O–H groups in total. The van der Waals surface area contributed by atoms with E-state index < -0.39 is 0 Å². The molecular formula is C14H29N. The van der Waals surface area contributed by atoms with Gasteiger partial charge in [0.1, 0.15) is 0 Å². The number of nitrogens with one attached hydrogen (secondary N) is 1. The summed E-state index contributed by atoms with van der Waals surface area (Å²) in [5.41, 5.74) is 0.404. The quantitative estimate of drug-likeness (QED) is 0.748. The van der Waals surface area contributed by atoms with Crippen LogP contribution in [0, 0.1) is 17.3 Å². The summed E-state index contributed by atoms with van der Waals surface area (Å²) in [5.74, 6) is 1.87. The van der Waals surface area contributed by atoms with Crippen LogP contribution in [0.2, 0.25) is 0 Å². The van der Waals surface area contributed by atoms with Gasteiger partial charge in [0.05, 0.1) is 0 Å². The van der Waals surface area contributed by atoms with Gasteiger partial charge in [-0.1, -0.05) is 47.5 Å². The van der Waals surface area contributed by atoms with Crippen LogP contribution in [0.25, 0.3) is 0 Å². The van der Waals surface area contributed by atoms with Crippen molar-refractivity contribution >= 4 is 0 Å². The molecule has 0 aromatic heterocycles. The van der Waals surface area contributed by atoms with Crippen molar-refractivity contribution in [2.24, 2.45) is 17.3 Å². The molecule has 0 spiro atoms. The van der Waals surface area contributed by atoms with Crippen LogP contribution in [0.1, 0.15) is 60.3 Å². The minimum Gasteiger partial charge on any atom is -0.313 e. The molecule has 1 unspecified atom stereocenters. The topological polar surface area (TPSA) is 12.0 Å². The lowest BCUT2D eigenvalue weighted by molar-refractivity contribution is 0.144. The lowest BCUT2D eigenvalue weighted by Crippen LogP contribution is -2.46. The van der Waals surface area contributed by atoms with Crippen LogP contribution in [0.3, 0.4) is 0 Å². The highest BCUT2D eigenvalue weighted by atomic mass is 14.9. The molecule has 0 aromatic carbocycles. The molecule has 1 rings (SSSR count). The smallest absolute Gasteiger partial charge is 0.0144 e. The Hall–Kier alpha value is -0.0400. The molecule has 1 atom stereocenters. The molecule has 15 heavy (non-hydrogen) atoms. The van der Waals surface area contributed by atoms with Crippen LogP contribution >= 0.6 is 0 Å². The van der Waals surface area contributed by atoms with Crippen LogP contribution in [0.5, 0.6) is 0 Å². The number of hydrogen-bond acceptors (Lipinski definition) is 1. The third-order valence-corrected chi connectivity index (χ3v) is 3.89. The molecule has 0 bridgehead atoms. The summed E-state index contributed by atoms with van der Waals surface area (Å²) < 4.78 is 0. The molecule has 90 valence electrons. The zero-order chi connectivity index (χ0) is 11.5. The van der Waals surface area contributed by atoms with Gasteiger partial charge in [0.2, 0.25) is 0 Å². The molecule has 0 aliphatic heterocycles. The maximum absolute atomic E-state index is 3.71. The monoisotopic (exact) mass is 211 g/mol. The van der Waals surface area contributed by atoms with E-state index in [2.05, 4.69) is 39.9 Å². The van der Waals surface area contributed by atoms with Crippen LogP contribution in [0.4, 0.5) is 0 Å². The van der Waals surface area contributed by atoms with E-state index in [0.717, 1.165) is 18.4 Å². The second-order valence-electron chi connectivity index (χ2n) is 6.42. The van der Waals surface area contributed by atoms with Gasteiger partial charge in [0.15, 0.2) is 0 Å². The van der Waals surface area contributed by atoms with Crippen molar-refractivity contribution in [2.75, 3.05) is 6.54 Å². The first kappa shape index (κ1) is 13.0. The van der Waals surface area contributed by atoms with Crippen molar-refractivity contribution in [1.29, 1.82) is 0 Å². The van der Waals surface area contributed by atoms with Gasteiger partial charge in [-0.05, 0) is 36.6 Å². The molecule has 0 heterocycles. The molecular weight excluding hydrogens is 182 g/mol. The predicted octanol–water partition coefficient (Wildman–Crippen LogP) is 3.84. The highest BCUT2D eigenvalue weighted by Gasteiger charge is 2.33. The Kier molecular flexibility index (Phi) is 4.64. The summed E-state index contributed by atoms with van der Waals surface area (Å²) >= 11 is 0. The van der Waals surface area contributed by atoms with Gasteiger partial charge in [-0.2, -0.15) is 0 Å². The summed E-state index contributed by atoms with van der Waals surface area (Å²) in [6, 6.07) is 0.704. The van der Waals surface area contributed by atoms with Gasteiger partial charge in [-0.3, -0.25) is 0 Å². The highest BCUT2D eigenvalue weighted by Crippen LogP contribution is 2.36. The van der Waals surface area contributed by atoms with Gasteiger partial charge >= 0.3 is 0 Å². The summed E-state index contributed by atoms with van der Waals surface area (Å²) in [6.07, 6.45) is 5.72. The fraction of sp³-hybridized carbons (Fsp3) is 1.00. The zero-order valence-corrected chi connectivity index (χ0v) is 11.3. The van der Waals surface area contributed by atoms with Crippen molar-refractivity contribution in [3.63, 3.8) is 0 Å². The second-order valence-corrected chi connectivity index (χ2v) is 6.42. The van der Waals surface area contributed by atoms with E-state index in [4.69, 9.17) is 0 Å². The van der Waals surface area contributed by atoms with Crippen LogP contribution in [-0.4, -0.2) is 12.6 Å². The fourth-order valence-electron chi connectivity index (χ4n) is 3.02. The Balaban J connectivity index is 2.56.